The van der Waals surface area contributed by atoms with Crippen molar-refractivity contribution in [3.05, 3.63) is 72.6 Å². The van der Waals surface area contributed by atoms with Crippen LogP contribution in [0, 0.1) is 6.92 Å². The summed E-state index contributed by atoms with van der Waals surface area (Å²) in [6, 6.07) is 19.1. The van der Waals surface area contributed by atoms with Crippen molar-refractivity contribution in [2.24, 2.45) is 0 Å². The molecule has 81 valence electrons. The molecule has 1 radical (unpaired) electrons. The lowest BCUT2D eigenvalue weighted by Crippen LogP contribution is -1.86. The lowest BCUT2D eigenvalue weighted by molar-refractivity contribution is 1.17. The van der Waals surface area contributed by atoms with Crippen molar-refractivity contribution in [1.82, 2.24) is 0 Å². The van der Waals surface area contributed by atoms with E-state index < -0.39 is 0 Å². The van der Waals surface area contributed by atoms with Crippen LogP contribution in [0.1, 0.15) is 11.1 Å². The Morgan fingerprint density at radius 3 is 2.31 bits per heavy atom. The van der Waals surface area contributed by atoms with Crippen LogP contribution in [0.4, 0.5) is 0 Å². The van der Waals surface area contributed by atoms with Crippen molar-refractivity contribution < 1.29 is 0 Å². The van der Waals surface area contributed by atoms with Crippen LogP contribution in [0.2, 0.25) is 0 Å². The van der Waals surface area contributed by atoms with Crippen LogP contribution in [-0.4, -0.2) is 0 Å². The van der Waals surface area contributed by atoms with E-state index in [1.54, 1.807) is 0 Å². The molecule has 0 nitrogen and oxygen atoms in total. The normalized spacial score (nSPS) is 10.3. The fraction of sp³-hybridized carbons (Fsp3) is 0.133. The molecule has 1 heteroatoms. The van der Waals surface area contributed by atoms with E-state index in [1.807, 2.05) is 11.8 Å². The Hall–Kier alpha value is -1.21. The van der Waals surface area contributed by atoms with Crippen LogP contribution in [0.3, 0.4) is 0 Å². The van der Waals surface area contributed by atoms with Gasteiger partial charge in [0.2, 0.25) is 0 Å². The summed E-state index contributed by atoms with van der Waals surface area (Å²) < 4.78 is 0. The van der Waals surface area contributed by atoms with Crippen molar-refractivity contribution in [2.75, 3.05) is 0 Å². The number of hydrogen-bond acceptors (Lipinski definition) is 1. The van der Waals surface area contributed by atoms with E-state index in [0.29, 0.717) is 0 Å². The molecular formula is C15H15S. The molecule has 2 aromatic rings. The maximum atomic E-state index is 3.96. The number of hydrogen-bond donors (Lipinski definition) is 0. The van der Waals surface area contributed by atoms with Gasteiger partial charge >= 0.3 is 0 Å². The Balaban J connectivity index is 2.05. The molecule has 0 heterocycles. The van der Waals surface area contributed by atoms with E-state index in [1.165, 1.54) is 16.0 Å². The van der Waals surface area contributed by atoms with Gasteiger partial charge in [-0.15, -0.1) is 11.8 Å². The summed E-state index contributed by atoms with van der Waals surface area (Å²) in [6.45, 7) is 3.96. The van der Waals surface area contributed by atoms with Gasteiger partial charge in [-0.3, -0.25) is 0 Å². The predicted octanol–water partition coefficient (Wildman–Crippen LogP) is 4.36. The lowest BCUT2D eigenvalue weighted by Gasteiger charge is -2.06. The minimum atomic E-state index is 0.859. The summed E-state index contributed by atoms with van der Waals surface area (Å²) in [5.41, 5.74) is 2.70. The molecule has 0 fully saturated rings. The van der Waals surface area contributed by atoms with Gasteiger partial charge in [0.1, 0.15) is 0 Å². The molecule has 0 amide bonds. The maximum Gasteiger partial charge on any atom is 0.0232 e. The fourth-order valence-electron chi connectivity index (χ4n) is 1.59. The van der Waals surface area contributed by atoms with E-state index in [9.17, 15) is 0 Å². The van der Waals surface area contributed by atoms with E-state index in [0.717, 1.165) is 12.2 Å². The van der Waals surface area contributed by atoms with Crippen LogP contribution in [-0.2, 0) is 12.2 Å². The van der Waals surface area contributed by atoms with Gasteiger partial charge in [-0.05, 0) is 30.5 Å². The topological polar surface area (TPSA) is 0 Å². The molecule has 0 unspecified atom stereocenters. The second-order valence-electron chi connectivity index (χ2n) is 3.63. The Morgan fingerprint density at radius 2 is 1.56 bits per heavy atom. The first kappa shape index (κ1) is 11.3. The maximum absolute atomic E-state index is 3.96. The van der Waals surface area contributed by atoms with Crippen molar-refractivity contribution in [3.63, 3.8) is 0 Å². The lowest BCUT2D eigenvalue weighted by atomic mass is 10.2. The van der Waals surface area contributed by atoms with Crippen LogP contribution in [0.5, 0.6) is 0 Å². The summed E-state index contributed by atoms with van der Waals surface area (Å²) in [4.78, 5) is 1.35. The van der Waals surface area contributed by atoms with Crippen molar-refractivity contribution in [3.8, 4) is 0 Å². The molecule has 0 aliphatic heterocycles. The predicted molar refractivity (Wildman–Crippen MR) is 71.5 cm³/mol. The van der Waals surface area contributed by atoms with Crippen LogP contribution < -0.4 is 0 Å². The highest BCUT2D eigenvalue weighted by Crippen LogP contribution is 2.26. The van der Waals surface area contributed by atoms with Gasteiger partial charge in [-0.25, -0.2) is 0 Å². The summed E-state index contributed by atoms with van der Waals surface area (Å²) in [5, 5.41) is 0. The van der Waals surface area contributed by atoms with Gasteiger partial charge < -0.3 is 0 Å². The highest BCUT2D eigenvalue weighted by atomic mass is 32.2. The third-order valence-electron chi connectivity index (χ3n) is 2.48. The second-order valence-corrected chi connectivity index (χ2v) is 4.65. The first-order valence-corrected chi connectivity index (χ1v) is 6.42. The van der Waals surface area contributed by atoms with Gasteiger partial charge in [0.25, 0.3) is 0 Å². The molecule has 0 saturated carbocycles. The third kappa shape index (κ3) is 2.89. The molecule has 0 aromatic heterocycles. The zero-order chi connectivity index (χ0) is 11.2. The number of benzene rings is 2. The van der Waals surface area contributed by atoms with Gasteiger partial charge in [0.15, 0.2) is 0 Å². The van der Waals surface area contributed by atoms with E-state index >= 15 is 0 Å². The molecule has 0 spiro atoms. The molecule has 0 N–H and O–H groups in total. The summed E-state index contributed by atoms with van der Waals surface area (Å²) in [7, 11) is 0. The minimum Gasteiger partial charge on any atom is -0.121 e. The molecule has 2 aromatic carbocycles. The van der Waals surface area contributed by atoms with Gasteiger partial charge in [0.05, 0.1) is 0 Å². The molecule has 0 bridgehead atoms. The Labute approximate surface area is 102 Å². The van der Waals surface area contributed by atoms with Crippen molar-refractivity contribution in [1.29, 1.82) is 0 Å². The monoisotopic (exact) mass is 227 g/mol. The molecule has 16 heavy (non-hydrogen) atoms. The highest BCUT2D eigenvalue weighted by Gasteiger charge is 2.00. The smallest absolute Gasteiger partial charge is 0.0232 e. The summed E-state index contributed by atoms with van der Waals surface area (Å²) in [5.74, 6) is 1.03. The van der Waals surface area contributed by atoms with Crippen LogP contribution in [0.15, 0.2) is 59.5 Å². The third-order valence-corrected chi connectivity index (χ3v) is 3.67. The van der Waals surface area contributed by atoms with Gasteiger partial charge in [0, 0.05) is 10.6 Å². The van der Waals surface area contributed by atoms with E-state index in [4.69, 9.17) is 0 Å². The standard InChI is InChI=1S/C15H15S/c1-2-14-10-6-7-11-15(14)16-12-13-8-4-3-5-9-13/h3-11H,1-2,12H2. The average molecular weight is 227 g/mol. The number of rotatable bonds is 4. The zero-order valence-corrected chi connectivity index (χ0v) is 10.0. The highest BCUT2D eigenvalue weighted by molar-refractivity contribution is 7.98. The van der Waals surface area contributed by atoms with E-state index in [2.05, 4.69) is 61.5 Å². The Morgan fingerprint density at radius 1 is 0.875 bits per heavy atom. The minimum absolute atomic E-state index is 0.859. The van der Waals surface area contributed by atoms with Gasteiger partial charge in [-0.1, -0.05) is 48.5 Å². The molecular weight excluding hydrogens is 212 g/mol. The molecule has 0 aliphatic rings. The first-order chi connectivity index (χ1) is 7.90. The zero-order valence-electron chi connectivity index (χ0n) is 9.23. The molecule has 0 saturated heterocycles. The Kier molecular flexibility index (Phi) is 4.06. The average Bonchev–Trinajstić information content (AvgIpc) is 2.38. The molecule has 2 rings (SSSR count). The number of thioether (sulfide) groups is 1. The van der Waals surface area contributed by atoms with Crippen molar-refractivity contribution in [2.45, 2.75) is 17.1 Å². The second kappa shape index (κ2) is 5.76. The Bertz CT molecular complexity index is 434. The molecule has 0 atom stereocenters. The van der Waals surface area contributed by atoms with Crippen molar-refractivity contribution >= 4 is 11.8 Å². The van der Waals surface area contributed by atoms with Crippen LogP contribution >= 0.6 is 11.8 Å². The molecule has 0 aliphatic carbocycles. The van der Waals surface area contributed by atoms with Crippen LogP contribution in [0.25, 0.3) is 0 Å². The SMILES string of the molecule is [CH2]Cc1ccccc1SCc1ccccc1. The first-order valence-electron chi connectivity index (χ1n) is 5.44. The van der Waals surface area contributed by atoms with E-state index in [-0.39, 0.29) is 0 Å². The van der Waals surface area contributed by atoms with Gasteiger partial charge in [-0.2, -0.15) is 0 Å². The fourth-order valence-corrected chi connectivity index (χ4v) is 2.63. The summed E-state index contributed by atoms with van der Waals surface area (Å²) in [6.07, 6.45) is 0.859. The largest absolute Gasteiger partial charge is 0.121 e. The quantitative estimate of drug-likeness (QED) is 0.699. The summed E-state index contributed by atoms with van der Waals surface area (Å²) >= 11 is 1.88.